The molecule has 2 aromatic carbocycles. The maximum Gasteiger partial charge on any atom is 0.253 e. The summed E-state index contributed by atoms with van der Waals surface area (Å²) in [5, 5.41) is 5.95. The van der Waals surface area contributed by atoms with Gasteiger partial charge in [0.15, 0.2) is 0 Å². The summed E-state index contributed by atoms with van der Waals surface area (Å²) in [6, 6.07) is 15.9. The average molecular weight is 422 g/mol. The molecule has 1 aliphatic carbocycles. The van der Waals surface area contributed by atoms with Crippen molar-refractivity contribution >= 4 is 23.2 Å². The third kappa shape index (κ3) is 5.25. The minimum Gasteiger partial charge on any atom is -0.383 e. The molecule has 6 nitrogen and oxygen atoms in total. The maximum absolute atomic E-state index is 12.9. The molecule has 2 fully saturated rings. The second-order valence-corrected chi connectivity index (χ2v) is 8.38. The zero-order chi connectivity index (χ0) is 21.6. The highest BCUT2D eigenvalue weighted by atomic mass is 16.5. The number of benzene rings is 2. The Hall–Kier alpha value is -2.86. The molecule has 2 aromatic rings. The monoisotopic (exact) mass is 421 g/mol. The Balaban J connectivity index is 1.48. The molecule has 4 rings (SSSR count). The van der Waals surface area contributed by atoms with Gasteiger partial charge < -0.3 is 20.3 Å². The number of amides is 2. The SMILES string of the molecule is COCCNC(=O)c1cc(NC(=O)[C@@H]2C[C@H]2c2ccccc2)ccc1N1CCCCC1. The van der Waals surface area contributed by atoms with Gasteiger partial charge in [-0.1, -0.05) is 30.3 Å². The van der Waals surface area contributed by atoms with Crippen LogP contribution < -0.4 is 15.5 Å². The van der Waals surface area contributed by atoms with Crippen molar-refractivity contribution in [1.82, 2.24) is 5.32 Å². The standard InChI is InChI=1S/C25H31N3O3/c1-31-15-12-26-24(29)22-16-19(10-11-23(22)28-13-6-3-7-14-28)27-25(30)21-17-20(21)18-8-4-2-5-9-18/h2,4-5,8-11,16,20-21H,3,6-7,12-15,17H2,1H3,(H,26,29)(H,27,30)/t20-,21+/m0/s1. The van der Waals surface area contributed by atoms with Crippen LogP contribution in [0.15, 0.2) is 48.5 Å². The first-order valence-corrected chi connectivity index (χ1v) is 11.2. The molecule has 164 valence electrons. The second-order valence-electron chi connectivity index (χ2n) is 8.38. The molecule has 2 aliphatic rings. The molecular weight excluding hydrogens is 390 g/mol. The third-order valence-corrected chi connectivity index (χ3v) is 6.15. The minimum absolute atomic E-state index is 0.0110. The number of ether oxygens (including phenoxy) is 1. The van der Waals surface area contributed by atoms with Crippen molar-refractivity contribution in [2.45, 2.75) is 31.6 Å². The predicted molar refractivity (Wildman–Crippen MR) is 123 cm³/mol. The summed E-state index contributed by atoms with van der Waals surface area (Å²) < 4.78 is 5.05. The molecule has 31 heavy (non-hydrogen) atoms. The van der Waals surface area contributed by atoms with E-state index in [0.717, 1.165) is 38.0 Å². The predicted octanol–water partition coefficient (Wildman–Crippen LogP) is 3.80. The van der Waals surface area contributed by atoms with Crippen LogP contribution in [0.3, 0.4) is 0 Å². The molecule has 0 unspecified atom stereocenters. The van der Waals surface area contributed by atoms with Crippen LogP contribution in [-0.2, 0) is 9.53 Å². The molecular formula is C25H31N3O3. The smallest absolute Gasteiger partial charge is 0.253 e. The number of hydrogen-bond donors (Lipinski definition) is 2. The van der Waals surface area contributed by atoms with Crippen molar-refractivity contribution < 1.29 is 14.3 Å². The lowest BCUT2D eigenvalue weighted by Gasteiger charge is -2.30. The average Bonchev–Trinajstić information content (AvgIpc) is 3.62. The van der Waals surface area contributed by atoms with Gasteiger partial charge in [-0.2, -0.15) is 0 Å². The molecule has 1 saturated heterocycles. The number of piperidine rings is 1. The lowest BCUT2D eigenvalue weighted by molar-refractivity contribution is -0.117. The van der Waals surface area contributed by atoms with E-state index in [9.17, 15) is 9.59 Å². The molecule has 0 spiro atoms. The Morgan fingerprint density at radius 1 is 1.06 bits per heavy atom. The quantitative estimate of drug-likeness (QED) is 0.636. The van der Waals surface area contributed by atoms with E-state index in [4.69, 9.17) is 4.74 Å². The third-order valence-electron chi connectivity index (χ3n) is 6.15. The summed E-state index contributed by atoms with van der Waals surface area (Å²) in [6.45, 7) is 2.81. The summed E-state index contributed by atoms with van der Waals surface area (Å²) in [4.78, 5) is 28.0. The fourth-order valence-corrected chi connectivity index (χ4v) is 4.36. The van der Waals surface area contributed by atoms with E-state index < -0.39 is 0 Å². The van der Waals surface area contributed by atoms with Gasteiger partial charge in [-0.25, -0.2) is 0 Å². The van der Waals surface area contributed by atoms with E-state index in [0.29, 0.717) is 24.4 Å². The van der Waals surface area contributed by atoms with Crippen LogP contribution >= 0.6 is 0 Å². The Bertz CT molecular complexity index is 909. The molecule has 1 heterocycles. The Kier molecular flexibility index (Phi) is 6.87. The van der Waals surface area contributed by atoms with Crippen LogP contribution in [0.4, 0.5) is 11.4 Å². The molecule has 0 bridgehead atoms. The first-order valence-electron chi connectivity index (χ1n) is 11.2. The highest BCUT2D eigenvalue weighted by Crippen LogP contribution is 2.48. The molecule has 2 atom stereocenters. The number of nitrogens with zero attached hydrogens (tertiary/aromatic N) is 1. The number of carbonyl (C=O) groups excluding carboxylic acids is 2. The van der Waals surface area contributed by atoms with Crippen LogP contribution in [0, 0.1) is 5.92 Å². The van der Waals surface area contributed by atoms with E-state index in [1.165, 1.54) is 12.0 Å². The molecule has 1 aliphatic heterocycles. The number of nitrogens with one attached hydrogen (secondary N) is 2. The van der Waals surface area contributed by atoms with Crippen LogP contribution in [0.2, 0.25) is 0 Å². The topological polar surface area (TPSA) is 70.7 Å². The molecule has 2 N–H and O–H groups in total. The van der Waals surface area contributed by atoms with Crippen molar-refractivity contribution in [1.29, 1.82) is 0 Å². The lowest BCUT2D eigenvalue weighted by Crippen LogP contribution is -2.33. The molecule has 2 amide bonds. The number of anilines is 2. The van der Waals surface area contributed by atoms with Gasteiger partial charge in [0.05, 0.1) is 12.2 Å². The lowest BCUT2D eigenvalue weighted by atomic mass is 10.1. The van der Waals surface area contributed by atoms with Crippen LogP contribution in [0.25, 0.3) is 0 Å². The fourth-order valence-electron chi connectivity index (χ4n) is 4.36. The zero-order valence-corrected chi connectivity index (χ0v) is 18.1. The van der Waals surface area contributed by atoms with Crippen LogP contribution in [-0.4, -0.2) is 45.2 Å². The molecule has 1 saturated carbocycles. The number of rotatable bonds is 8. The van der Waals surface area contributed by atoms with Crippen molar-refractivity contribution in [2.75, 3.05) is 43.6 Å². The van der Waals surface area contributed by atoms with Crippen LogP contribution in [0.5, 0.6) is 0 Å². The fraction of sp³-hybridized carbons (Fsp3) is 0.440. The molecule has 6 heteroatoms. The number of carbonyl (C=O) groups is 2. The van der Waals surface area contributed by atoms with Crippen molar-refractivity contribution in [3.63, 3.8) is 0 Å². The minimum atomic E-state index is -0.137. The van der Waals surface area contributed by atoms with Gasteiger partial charge in [-0.3, -0.25) is 9.59 Å². The maximum atomic E-state index is 12.9. The van der Waals surface area contributed by atoms with Crippen molar-refractivity contribution in [3.8, 4) is 0 Å². The summed E-state index contributed by atoms with van der Waals surface area (Å²) in [6.07, 6.45) is 4.35. The highest BCUT2D eigenvalue weighted by Gasteiger charge is 2.43. The van der Waals surface area contributed by atoms with Crippen molar-refractivity contribution in [2.24, 2.45) is 5.92 Å². The van der Waals surface area contributed by atoms with Gasteiger partial charge in [0.25, 0.3) is 5.91 Å². The summed E-state index contributed by atoms with van der Waals surface area (Å²) in [5.41, 5.74) is 3.41. The number of methoxy groups -OCH3 is 1. The molecule has 0 aromatic heterocycles. The zero-order valence-electron chi connectivity index (χ0n) is 18.1. The first-order chi connectivity index (χ1) is 15.2. The van der Waals surface area contributed by atoms with E-state index in [2.05, 4.69) is 27.7 Å². The largest absolute Gasteiger partial charge is 0.383 e. The number of hydrogen-bond acceptors (Lipinski definition) is 4. The molecule has 0 radical (unpaired) electrons. The van der Waals surface area contributed by atoms with E-state index >= 15 is 0 Å². The Morgan fingerprint density at radius 3 is 2.58 bits per heavy atom. The Morgan fingerprint density at radius 2 is 1.84 bits per heavy atom. The van der Waals surface area contributed by atoms with E-state index in [1.807, 2.05) is 36.4 Å². The van der Waals surface area contributed by atoms with Crippen molar-refractivity contribution in [3.05, 3.63) is 59.7 Å². The summed E-state index contributed by atoms with van der Waals surface area (Å²) in [7, 11) is 1.61. The van der Waals surface area contributed by atoms with Gasteiger partial charge >= 0.3 is 0 Å². The van der Waals surface area contributed by atoms with E-state index in [1.54, 1.807) is 7.11 Å². The van der Waals surface area contributed by atoms with Gasteiger partial charge in [-0.15, -0.1) is 0 Å². The second kappa shape index (κ2) is 9.96. The highest BCUT2D eigenvalue weighted by molar-refractivity contribution is 6.02. The van der Waals surface area contributed by atoms with Gasteiger partial charge in [0, 0.05) is 44.0 Å². The summed E-state index contributed by atoms with van der Waals surface area (Å²) >= 11 is 0. The first kappa shape index (κ1) is 21.4. The van der Waals surface area contributed by atoms with Gasteiger partial charge in [0.1, 0.15) is 0 Å². The summed E-state index contributed by atoms with van der Waals surface area (Å²) in [5.74, 6) is 0.154. The van der Waals surface area contributed by atoms with Crippen LogP contribution in [0.1, 0.15) is 47.5 Å². The van der Waals surface area contributed by atoms with E-state index in [-0.39, 0.29) is 23.7 Å². The Labute approximate surface area is 184 Å². The van der Waals surface area contributed by atoms with Gasteiger partial charge in [-0.05, 0) is 55.4 Å². The van der Waals surface area contributed by atoms with Gasteiger partial charge in [0.2, 0.25) is 5.91 Å². The normalized spacial score (nSPS) is 20.2.